The van der Waals surface area contributed by atoms with E-state index in [-0.39, 0.29) is 11.1 Å². The summed E-state index contributed by atoms with van der Waals surface area (Å²) in [6.07, 6.45) is 2.94. The van der Waals surface area contributed by atoms with Crippen LogP contribution in [0.25, 0.3) is 0 Å². The number of nitrogens with one attached hydrogen (secondary N) is 2. The molecule has 31 heavy (non-hydrogen) atoms. The van der Waals surface area contributed by atoms with Crippen molar-refractivity contribution < 1.29 is 21.6 Å². The molecule has 2 aliphatic rings. The number of nitrogens with zero attached hydrogens (tertiary/aromatic N) is 2. The maximum Gasteiger partial charge on any atom is 0.268 e. The average Bonchev–Trinajstić information content (AvgIpc) is 3.35. The standard InChI is InChI=1S/C20H22ClF3N4O2S/c1-20(14-4-3-8-25-14)7-9-28(11-20)13-10-12(22)19(18(24)17(13)21)31(29,30)27-16-6-2-5-15(23)26-16/h2,5-6,10,14,25H,3-4,7-9,11H2,1H3,(H,26,27). The summed E-state index contributed by atoms with van der Waals surface area (Å²) in [5.41, 5.74) is 0.0310. The molecular formula is C20H22ClF3N4O2S. The summed E-state index contributed by atoms with van der Waals surface area (Å²) >= 11 is 6.17. The zero-order chi connectivity index (χ0) is 22.4. The van der Waals surface area contributed by atoms with Crippen LogP contribution in [-0.4, -0.2) is 39.1 Å². The van der Waals surface area contributed by atoms with Gasteiger partial charge in [-0.15, -0.1) is 0 Å². The highest BCUT2D eigenvalue weighted by atomic mass is 35.5. The largest absolute Gasteiger partial charge is 0.370 e. The molecule has 0 bridgehead atoms. The van der Waals surface area contributed by atoms with Gasteiger partial charge in [-0.1, -0.05) is 24.6 Å². The van der Waals surface area contributed by atoms with Crippen molar-refractivity contribution in [1.29, 1.82) is 0 Å². The Hall–Kier alpha value is -2.04. The number of hydrogen-bond acceptors (Lipinski definition) is 5. The second-order valence-electron chi connectivity index (χ2n) is 8.26. The Balaban J connectivity index is 1.64. The van der Waals surface area contributed by atoms with Crippen LogP contribution in [0.1, 0.15) is 26.2 Å². The van der Waals surface area contributed by atoms with E-state index in [1.807, 2.05) is 4.72 Å². The molecule has 168 valence electrons. The fraction of sp³-hybridized carbons (Fsp3) is 0.450. The van der Waals surface area contributed by atoms with E-state index in [9.17, 15) is 17.2 Å². The van der Waals surface area contributed by atoms with Crippen LogP contribution < -0.4 is 14.9 Å². The third-order valence-electron chi connectivity index (χ3n) is 6.07. The summed E-state index contributed by atoms with van der Waals surface area (Å²) in [5, 5.41) is 3.00. The van der Waals surface area contributed by atoms with Crippen molar-refractivity contribution in [3.05, 3.63) is 46.9 Å². The third kappa shape index (κ3) is 4.20. The average molecular weight is 475 g/mol. The summed E-state index contributed by atoms with van der Waals surface area (Å²) in [5.74, 6) is -4.02. The number of sulfonamides is 1. The summed E-state index contributed by atoms with van der Waals surface area (Å²) in [6.45, 7) is 4.17. The fourth-order valence-corrected chi connectivity index (χ4v) is 5.92. The van der Waals surface area contributed by atoms with Gasteiger partial charge < -0.3 is 10.2 Å². The van der Waals surface area contributed by atoms with Crippen molar-refractivity contribution in [1.82, 2.24) is 10.3 Å². The predicted octanol–water partition coefficient (Wildman–Crippen LogP) is 3.92. The summed E-state index contributed by atoms with van der Waals surface area (Å²) < 4.78 is 70.2. The van der Waals surface area contributed by atoms with Crippen LogP contribution in [0.5, 0.6) is 0 Å². The molecule has 2 aromatic rings. The van der Waals surface area contributed by atoms with Crippen molar-refractivity contribution in [2.24, 2.45) is 5.41 Å². The van der Waals surface area contributed by atoms with Gasteiger partial charge in [-0.05, 0) is 37.9 Å². The maximum atomic E-state index is 15.0. The molecule has 6 nitrogen and oxygen atoms in total. The van der Waals surface area contributed by atoms with Crippen LogP contribution in [0.3, 0.4) is 0 Å². The van der Waals surface area contributed by atoms with Crippen molar-refractivity contribution in [2.45, 2.75) is 37.1 Å². The highest BCUT2D eigenvalue weighted by Crippen LogP contribution is 2.42. The van der Waals surface area contributed by atoms with Crippen molar-refractivity contribution in [3.8, 4) is 0 Å². The van der Waals surface area contributed by atoms with Crippen LogP contribution in [0.4, 0.5) is 24.7 Å². The van der Waals surface area contributed by atoms with Crippen LogP contribution in [0.2, 0.25) is 5.02 Å². The zero-order valence-electron chi connectivity index (χ0n) is 16.8. The highest BCUT2D eigenvalue weighted by molar-refractivity contribution is 7.92. The number of anilines is 2. The minimum atomic E-state index is -4.73. The Morgan fingerprint density at radius 2 is 2.10 bits per heavy atom. The van der Waals surface area contributed by atoms with Crippen molar-refractivity contribution >= 4 is 33.1 Å². The summed E-state index contributed by atoms with van der Waals surface area (Å²) in [6, 6.07) is 4.64. The smallest absolute Gasteiger partial charge is 0.268 e. The van der Waals surface area contributed by atoms with Gasteiger partial charge in [-0.25, -0.2) is 22.2 Å². The quantitative estimate of drug-likeness (QED) is 0.507. The van der Waals surface area contributed by atoms with Gasteiger partial charge in [-0.3, -0.25) is 4.72 Å². The topological polar surface area (TPSA) is 74.3 Å². The molecule has 2 fully saturated rings. The second kappa shape index (κ2) is 8.14. The van der Waals surface area contributed by atoms with E-state index in [1.165, 1.54) is 6.07 Å². The Labute approximate surface area is 183 Å². The molecule has 3 heterocycles. The van der Waals surface area contributed by atoms with Gasteiger partial charge in [-0.2, -0.15) is 4.39 Å². The molecule has 11 heteroatoms. The molecule has 1 aromatic carbocycles. The van der Waals surface area contributed by atoms with Gasteiger partial charge in [0.15, 0.2) is 10.7 Å². The normalized spacial score (nSPS) is 24.0. The molecular weight excluding hydrogens is 453 g/mol. The molecule has 0 aliphatic carbocycles. The lowest BCUT2D eigenvalue weighted by Crippen LogP contribution is -2.41. The highest BCUT2D eigenvalue weighted by Gasteiger charge is 2.42. The predicted molar refractivity (Wildman–Crippen MR) is 112 cm³/mol. The number of hydrogen-bond donors (Lipinski definition) is 2. The molecule has 2 N–H and O–H groups in total. The Bertz CT molecular complexity index is 1110. The third-order valence-corrected chi connectivity index (χ3v) is 7.82. The first-order valence-electron chi connectivity index (χ1n) is 9.92. The van der Waals surface area contributed by atoms with Crippen LogP contribution in [-0.2, 0) is 10.0 Å². The van der Waals surface area contributed by atoms with Gasteiger partial charge in [0.05, 0.1) is 5.69 Å². The van der Waals surface area contributed by atoms with Crippen molar-refractivity contribution in [3.63, 3.8) is 0 Å². The van der Waals surface area contributed by atoms with E-state index in [1.54, 1.807) is 4.90 Å². The number of halogens is 4. The van der Waals surface area contributed by atoms with E-state index in [4.69, 9.17) is 11.6 Å². The SMILES string of the molecule is CC1(C2CCCN2)CCN(c2cc(F)c(S(=O)(=O)Nc3cccc(F)n3)c(F)c2Cl)C1. The monoisotopic (exact) mass is 474 g/mol. The first-order valence-corrected chi connectivity index (χ1v) is 11.8. The molecule has 0 amide bonds. The summed E-state index contributed by atoms with van der Waals surface area (Å²) in [4.78, 5) is 3.91. The van der Waals surface area contributed by atoms with E-state index >= 15 is 4.39 Å². The maximum absolute atomic E-state index is 15.0. The van der Waals surface area contributed by atoms with Crippen LogP contribution in [0.15, 0.2) is 29.2 Å². The molecule has 0 spiro atoms. The van der Waals surface area contributed by atoms with Crippen molar-refractivity contribution in [2.75, 3.05) is 29.3 Å². The molecule has 2 aliphatic heterocycles. The molecule has 2 atom stereocenters. The van der Waals surface area contributed by atoms with Gasteiger partial charge in [0.1, 0.15) is 16.7 Å². The molecule has 0 radical (unpaired) electrons. The van der Waals surface area contributed by atoms with Gasteiger partial charge in [0, 0.05) is 30.6 Å². The van der Waals surface area contributed by atoms with E-state index in [0.29, 0.717) is 19.1 Å². The lowest BCUT2D eigenvalue weighted by Gasteiger charge is -2.32. The molecule has 1 aromatic heterocycles. The molecule has 0 saturated carbocycles. The number of benzene rings is 1. The summed E-state index contributed by atoms with van der Waals surface area (Å²) in [7, 11) is -4.73. The lowest BCUT2D eigenvalue weighted by molar-refractivity contribution is 0.266. The number of rotatable bonds is 5. The lowest BCUT2D eigenvalue weighted by atomic mass is 9.81. The van der Waals surface area contributed by atoms with Gasteiger partial charge >= 0.3 is 0 Å². The second-order valence-corrected chi connectivity index (χ2v) is 10.3. The molecule has 2 saturated heterocycles. The Morgan fingerprint density at radius 3 is 2.77 bits per heavy atom. The number of pyridine rings is 1. The van der Waals surface area contributed by atoms with E-state index < -0.39 is 43.3 Å². The van der Waals surface area contributed by atoms with E-state index in [2.05, 4.69) is 17.2 Å². The van der Waals surface area contributed by atoms with Crippen LogP contribution >= 0.6 is 11.6 Å². The number of aromatic nitrogens is 1. The van der Waals surface area contributed by atoms with Gasteiger partial charge in [0.2, 0.25) is 5.95 Å². The first-order chi connectivity index (χ1) is 14.6. The fourth-order valence-electron chi connectivity index (χ4n) is 4.45. The molecule has 4 rings (SSSR count). The Morgan fingerprint density at radius 1 is 1.32 bits per heavy atom. The van der Waals surface area contributed by atoms with Crippen LogP contribution in [0, 0.1) is 23.0 Å². The Kier molecular flexibility index (Phi) is 5.82. The molecule has 2 unspecified atom stereocenters. The zero-order valence-corrected chi connectivity index (χ0v) is 18.3. The van der Waals surface area contributed by atoms with Gasteiger partial charge in [0.25, 0.3) is 10.0 Å². The van der Waals surface area contributed by atoms with E-state index in [0.717, 1.165) is 44.0 Å². The first kappa shape index (κ1) is 22.2. The minimum absolute atomic E-state index is 0.0812. The minimum Gasteiger partial charge on any atom is -0.370 e.